The van der Waals surface area contributed by atoms with Crippen LogP contribution in [-0.2, 0) is 4.79 Å². The molecule has 0 aliphatic rings. The van der Waals surface area contributed by atoms with Gasteiger partial charge in [0.2, 0.25) is 0 Å². The zero-order valence-electron chi connectivity index (χ0n) is 7.99. The largest absolute Gasteiger partial charge is 0.496 e. The summed E-state index contributed by atoms with van der Waals surface area (Å²) in [7, 11) is 3.12. The second kappa shape index (κ2) is 5.00. The highest BCUT2D eigenvalue weighted by Gasteiger charge is 2.17. The summed E-state index contributed by atoms with van der Waals surface area (Å²) in [5.41, 5.74) is 0.715. The van der Waals surface area contributed by atoms with Gasteiger partial charge in [0.25, 0.3) is 0 Å². The SMILES string of the molecule is COc1cccc(OC)c1C(Br)C=O. The fourth-order valence-electron chi connectivity index (χ4n) is 1.22. The first-order chi connectivity index (χ1) is 6.74. The van der Waals surface area contributed by atoms with Crippen molar-refractivity contribution in [2.45, 2.75) is 4.83 Å². The predicted octanol–water partition coefficient (Wildman–Crippen LogP) is 2.34. The second-order valence-corrected chi connectivity index (χ2v) is 3.60. The summed E-state index contributed by atoms with van der Waals surface area (Å²) in [6.45, 7) is 0. The average Bonchev–Trinajstić information content (AvgIpc) is 2.26. The van der Waals surface area contributed by atoms with Crippen LogP contribution >= 0.6 is 15.9 Å². The molecule has 1 unspecified atom stereocenters. The molecule has 4 heteroatoms. The molecule has 3 nitrogen and oxygen atoms in total. The number of ether oxygens (including phenoxy) is 2. The van der Waals surface area contributed by atoms with Crippen molar-refractivity contribution in [3.05, 3.63) is 23.8 Å². The van der Waals surface area contributed by atoms with Gasteiger partial charge in [-0.25, -0.2) is 0 Å². The molecular formula is C10H11BrO3. The first-order valence-electron chi connectivity index (χ1n) is 4.04. The van der Waals surface area contributed by atoms with Crippen LogP contribution < -0.4 is 9.47 Å². The predicted molar refractivity (Wildman–Crippen MR) is 57.3 cm³/mol. The summed E-state index contributed by atoms with van der Waals surface area (Å²) in [4.78, 5) is 10.3. The van der Waals surface area contributed by atoms with E-state index in [4.69, 9.17) is 9.47 Å². The molecule has 1 aromatic carbocycles. The van der Waals surface area contributed by atoms with Crippen molar-refractivity contribution in [3.8, 4) is 11.5 Å². The van der Waals surface area contributed by atoms with E-state index in [1.807, 2.05) is 6.07 Å². The van der Waals surface area contributed by atoms with Gasteiger partial charge in [0.1, 0.15) is 22.6 Å². The summed E-state index contributed by atoms with van der Waals surface area (Å²) < 4.78 is 10.3. The molecule has 0 saturated carbocycles. The minimum Gasteiger partial charge on any atom is -0.496 e. The zero-order valence-corrected chi connectivity index (χ0v) is 9.58. The van der Waals surface area contributed by atoms with Gasteiger partial charge in [0, 0.05) is 0 Å². The summed E-state index contributed by atoms with van der Waals surface area (Å²) in [6.07, 6.45) is 0.792. The normalized spacial score (nSPS) is 11.9. The van der Waals surface area contributed by atoms with Gasteiger partial charge < -0.3 is 14.3 Å². The van der Waals surface area contributed by atoms with E-state index in [1.165, 1.54) is 0 Å². The lowest BCUT2D eigenvalue weighted by Crippen LogP contribution is -1.99. The Hall–Kier alpha value is -1.03. The minimum atomic E-state index is -0.409. The van der Waals surface area contributed by atoms with Crippen molar-refractivity contribution in [3.63, 3.8) is 0 Å². The standard InChI is InChI=1S/C10H11BrO3/c1-13-8-4-3-5-9(14-2)10(8)7(11)6-12/h3-7H,1-2H3. The van der Waals surface area contributed by atoms with Gasteiger partial charge in [-0.15, -0.1) is 0 Å². The molecule has 1 atom stereocenters. The Morgan fingerprint density at radius 3 is 2.14 bits per heavy atom. The number of carbonyl (C=O) groups excluding carboxylic acids is 1. The molecule has 0 aliphatic carbocycles. The second-order valence-electron chi connectivity index (χ2n) is 2.61. The Kier molecular flexibility index (Phi) is 3.95. The number of alkyl halides is 1. The number of hydrogen-bond acceptors (Lipinski definition) is 3. The van der Waals surface area contributed by atoms with Crippen LogP contribution in [0.1, 0.15) is 10.4 Å². The highest BCUT2D eigenvalue weighted by molar-refractivity contribution is 9.09. The molecule has 0 aliphatic heterocycles. The van der Waals surface area contributed by atoms with E-state index in [-0.39, 0.29) is 0 Å². The van der Waals surface area contributed by atoms with Crippen LogP contribution in [0.3, 0.4) is 0 Å². The van der Waals surface area contributed by atoms with Crippen LogP contribution in [-0.4, -0.2) is 20.5 Å². The molecule has 0 aromatic heterocycles. The Labute approximate surface area is 91.1 Å². The first kappa shape index (κ1) is 11.0. The molecule has 76 valence electrons. The maximum Gasteiger partial charge on any atom is 0.138 e. The van der Waals surface area contributed by atoms with Crippen LogP contribution in [0.4, 0.5) is 0 Å². The molecule has 0 spiro atoms. The summed E-state index contributed by atoms with van der Waals surface area (Å²) in [6, 6.07) is 5.39. The molecule has 0 bridgehead atoms. The lowest BCUT2D eigenvalue weighted by molar-refractivity contribution is -0.107. The molecule has 14 heavy (non-hydrogen) atoms. The Bertz CT molecular complexity index is 303. The van der Waals surface area contributed by atoms with E-state index in [9.17, 15) is 4.79 Å². The number of hydrogen-bond donors (Lipinski definition) is 0. The van der Waals surface area contributed by atoms with E-state index in [1.54, 1.807) is 26.4 Å². The molecule has 0 heterocycles. The molecule has 0 amide bonds. The monoisotopic (exact) mass is 258 g/mol. The molecule has 0 fully saturated rings. The van der Waals surface area contributed by atoms with Crippen molar-refractivity contribution in [2.24, 2.45) is 0 Å². The molecular weight excluding hydrogens is 248 g/mol. The van der Waals surface area contributed by atoms with Crippen molar-refractivity contribution in [1.82, 2.24) is 0 Å². The van der Waals surface area contributed by atoms with Crippen LogP contribution in [0.15, 0.2) is 18.2 Å². The van der Waals surface area contributed by atoms with Gasteiger partial charge in [-0.1, -0.05) is 22.0 Å². The third-order valence-corrected chi connectivity index (χ3v) is 2.53. The van der Waals surface area contributed by atoms with Gasteiger partial charge in [-0.05, 0) is 12.1 Å². The fourth-order valence-corrected chi connectivity index (χ4v) is 1.67. The van der Waals surface area contributed by atoms with Gasteiger partial charge in [0.05, 0.1) is 19.8 Å². The maximum absolute atomic E-state index is 10.7. The lowest BCUT2D eigenvalue weighted by atomic mass is 10.1. The Morgan fingerprint density at radius 1 is 1.29 bits per heavy atom. The highest BCUT2D eigenvalue weighted by Crippen LogP contribution is 2.36. The fraction of sp³-hybridized carbons (Fsp3) is 0.300. The van der Waals surface area contributed by atoms with Gasteiger partial charge in [-0.3, -0.25) is 0 Å². The van der Waals surface area contributed by atoms with Crippen molar-refractivity contribution < 1.29 is 14.3 Å². The van der Waals surface area contributed by atoms with E-state index >= 15 is 0 Å². The number of methoxy groups -OCH3 is 2. The quantitative estimate of drug-likeness (QED) is 0.615. The van der Waals surface area contributed by atoms with Crippen molar-refractivity contribution in [1.29, 1.82) is 0 Å². The van der Waals surface area contributed by atoms with Gasteiger partial charge in [-0.2, -0.15) is 0 Å². The first-order valence-corrected chi connectivity index (χ1v) is 4.96. The summed E-state index contributed by atoms with van der Waals surface area (Å²) in [5, 5.41) is 0. The van der Waals surface area contributed by atoms with Crippen molar-refractivity contribution >= 4 is 22.2 Å². The maximum atomic E-state index is 10.7. The third kappa shape index (κ3) is 2.07. The summed E-state index contributed by atoms with van der Waals surface area (Å²) in [5.74, 6) is 1.27. The van der Waals surface area contributed by atoms with Crippen LogP contribution in [0.2, 0.25) is 0 Å². The molecule has 0 saturated heterocycles. The smallest absolute Gasteiger partial charge is 0.138 e. The average molecular weight is 259 g/mol. The van der Waals surface area contributed by atoms with Crippen molar-refractivity contribution in [2.75, 3.05) is 14.2 Å². The topological polar surface area (TPSA) is 35.5 Å². The number of rotatable bonds is 4. The van der Waals surface area contributed by atoms with Crippen LogP contribution in [0, 0.1) is 0 Å². The summed E-state index contributed by atoms with van der Waals surface area (Å²) >= 11 is 3.24. The minimum absolute atomic E-state index is 0.409. The van der Waals surface area contributed by atoms with E-state index in [2.05, 4.69) is 15.9 Å². The Morgan fingerprint density at radius 2 is 1.79 bits per heavy atom. The molecule has 0 radical (unpaired) electrons. The highest BCUT2D eigenvalue weighted by atomic mass is 79.9. The number of aldehydes is 1. The van der Waals surface area contributed by atoms with Crippen LogP contribution in [0.25, 0.3) is 0 Å². The third-order valence-electron chi connectivity index (χ3n) is 1.86. The van der Waals surface area contributed by atoms with Crippen LogP contribution in [0.5, 0.6) is 11.5 Å². The number of carbonyl (C=O) groups is 1. The Balaban J connectivity index is 3.25. The zero-order chi connectivity index (χ0) is 10.6. The van der Waals surface area contributed by atoms with E-state index in [0.717, 1.165) is 6.29 Å². The van der Waals surface area contributed by atoms with E-state index in [0.29, 0.717) is 17.1 Å². The van der Waals surface area contributed by atoms with Gasteiger partial charge in [0.15, 0.2) is 0 Å². The lowest BCUT2D eigenvalue weighted by Gasteiger charge is -2.13. The number of benzene rings is 1. The van der Waals surface area contributed by atoms with Gasteiger partial charge >= 0.3 is 0 Å². The number of halogens is 1. The molecule has 1 rings (SSSR count). The molecule has 0 N–H and O–H groups in total. The van der Waals surface area contributed by atoms with E-state index < -0.39 is 4.83 Å². The molecule has 1 aromatic rings.